The number of allylic oxidation sites excluding steroid dienone is 2. The molecule has 0 aliphatic rings. The molecule has 3 heteroatoms. The van der Waals surface area contributed by atoms with Crippen molar-refractivity contribution in [1.29, 1.82) is 0 Å². The van der Waals surface area contributed by atoms with Crippen LogP contribution in [-0.4, -0.2) is 6.61 Å². The molecule has 0 saturated heterocycles. The topological polar surface area (TPSA) is 9.23 Å². The molecule has 0 aromatic heterocycles. The zero-order chi connectivity index (χ0) is 14.3. The van der Waals surface area contributed by atoms with Crippen LogP contribution in [0.15, 0.2) is 24.3 Å². The Balaban J connectivity index is 2.98. The second-order valence-corrected chi connectivity index (χ2v) is 5.51. The molecule has 1 aromatic rings. The molecule has 1 aromatic carbocycles. The number of rotatable bonds is 7. The van der Waals surface area contributed by atoms with E-state index in [-0.39, 0.29) is 0 Å². The Morgan fingerprint density at radius 2 is 1.95 bits per heavy atom. The Morgan fingerprint density at radius 1 is 1.21 bits per heavy atom. The summed E-state index contributed by atoms with van der Waals surface area (Å²) in [5.74, 6) is 1.12. The second-order valence-electron chi connectivity index (χ2n) is 4.67. The van der Waals surface area contributed by atoms with Gasteiger partial charge >= 0.3 is 0 Å². The van der Waals surface area contributed by atoms with Gasteiger partial charge in [-0.1, -0.05) is 56.1 Å². The average Bonchev–Trinajstić information content (AvgIpc) is 2.37. The van der Waals surface area contributed by atoms with E-state index in [0.29, 0.717) is 22.6 Å². The third-order valence-corrected chi connectivity index (χ3v) is 3.41. The molecule has 0 aliphatic heterocycles. The Kier molecular flexibility index (Phi) is 7.33. The van der Waals surface area contributed by atoms with Gasteiger partial charge in [0.1, 0.15) is 5.75 Å². The highest BCUT2D eigenvalue weighted by Gasteiger charge is 2.15. The number of halogens is 2. The molecule has 0 amide bonds. The molecule has 0 aliphatic carbocycles. The van der Waals surface area contributed by atoms with E-state index in [2.05, 4.69) is 32.9 Å². The Labute approximate surface area is 126 Å². The van der Waals surface area contributed by atoms with Crippen molar-refractivity contribution in [1.82, 2.24) is 0 Å². The van der Waals surface area contributed by atoms with Crippen LogP contribution in [0.1, 0.15) is 51.5 Å². The highest BCUT2D eigenvalue weighted by Crippen LogP contribution is 2.38. The first kappa shape index (κ1) is 16.4. The van der Waals surface area contributed by atoms with Crippen LogP contribution in [0.2, 0.25) is 10.0 Å². The van der Waals surface area contributed by atoms with Crippen LogP contribution in [0.5, 0.6) is 5.75 Å². The third-order valence-electron chi connectivity index (χ3n) is 2.91. The van der Waals surface area contributed by atoms with E-state index >= 15 is 0 Å². The summed E-state index contributed by atoms with van der Waals surface area (Å²) in [5.41, 5.74) is 1.09. The largest absolute Gasteiger partial charge is 0.492 e. The lowest BCUT2D eigenvalue weighted by Crippen LogP contribution is -2.02. The zero-order valence-electron chi connectivity index (χ0n) is 11.9. The zero-order valence-corrected chi connectivity index (χ0v) is 13.4. The number of benzene rings is 1. The van der Waals surface area contributed by atoms with Crippen molar-refractivity contribution in [2.24, 2.45) is 0 Å². The molecule has 106 valence electrons. The van der Waals surface area contributed by atoms with Crippen LogP contribution in [0, 0.1) is 0 Å². The molecule has 0 radical (unpaired) electrons. The fourth-order valence-electron chi connectivity index (χ4n) is 1.90. The molecular weight excluding hydrogens is 279 g/mol. The average molecular weight is 301 g/mol. The second kappa shape index (κ2) is 8.50. The van der Waals surface area contributed by atoms with Crippen LogP contribution in [-0.2, 0) is 0 Å². The van der Waals surface area contributed by atoms with Crippen LogP contribution in [0.3, 0.4) is 0 Å². The molecule has 0 spiro atoms. The number of ether oxygens (including phenoxy) is 1. The standard InChI is InChI=1S/C16H22Cl2O/c1-4-6-7-8-12(3)14-10-13(17)11-15(18)16(14)19-9-5-2/h6-7,10-12H,4-5,8-9H2,1-3H3/b7-6-. The minimum atomic E-state index is 0.339. The van der Waals surface area contributed by atoms with Crippen molar-refractivity contribution in [2.45, 2.75) is 46.0 Å². The maximum absolute atomic E-state index is 6.25. The predicted molar refractivity (Wildman–Crippen MR) is 84.7 cm³/mol. The Bertz CT molecular complexity index is 427. The quantitative estimate of drug-likeness (QED) is 0.541. The van der Waals surface area contributed by atoms with Crippen molar-refractivity contribution in [3.8, 4) is 5.75 Å². The van der Waals surface area contributed by atoms with Gasteiger partial charge in [0.05, 0.1) is 11.6 Å². The molecule has 1 rings (SSSR count). The predicted octanol–water partition coefficient (Wildman–Crippen LogP) is 6.24. The number of hydrogen-bond donors (Lipinski definition) is 0. The SMILES string of the molecule is CC/C=C\CC(C)c1cc(Cl)cc(Cl)c1OCCC. The lowest BCUT2D eigenvalue weighted by atomic mass is 9.96. The van der Waals surface area contributed by atoms with Gasteiger partial charge in [-0.3, -0.25) is 0 Å². The molecule has 0 fully saturated rings. The van der Waals surface area contributed by atoms with Gasteiger partial charge in [-0.05, 0) is 37.3 Å². The molecule has 19 heavy (non-hydrogen) atoms. The normalized spacial score (nSPS) is 12.9. The smallest absolute Gasteiger partial charge is 0.141 e. The molecule has 0 saturated carbocycles. The summed E-state index contributed by atoms with van der Waals surface area (Å²) in [6.07, 6.45) is 7.36. The van der Waals surface area contributed by atoms with Crippen molar-refractivity contribution in [3.63, 3.8) is 0 Å². The van der Waals surface area contributed by atoms with E-state index in [1.165, 1.54) is 0 Å². The maximum Gasteiger partial charge on any atom is 0.141 e. The summed E-state index contributed by atoms with van der Waals surface area (Å²) in [7, 11) is 0. The summed E-state index contributed by atoms with van der Waals surface area (Å²) >= 11 is 12.4. The van der Waals surface area contributed by atoms with E-state index in [9.17, 15) is 0 Å². The van der Waals surface area contributed by atoms with Crippen LogP contribution in [0.25, 0.3) is 0 Å². The fourth-order valence-corrected chi connectivity index (χ4v) is 2.46. The van der Waals surface area contributed by atoms with Crippen LogP contribution in [0.4, 0.5) is 0 Å². The van der Waals surface area contributed by atoms with E-state index < -0.39 is 0 Å². The van der Waals surface area contributed by atoms with Gasteiger partial charge in [0.15, 0.2) is 0 Å². The van der Waals surface area contributed by atoms with E-state index in [1.54, 1.807) is 6.07 Å². The van der Waals surface area contributed by atoms with Crippen molar-refractivity contribution in [3.05, 3.63) is 39.9 Å². The van der Waals surface area contributed by atoms with Gasteiger partial charge in [0.2, 0.25) is 0 Å². The summed E-state index contributed by atoms with van der Waals surface area (Å²) in [6.45, 7) is 7.05. The lowest BCUT2D eigenvalue weighted by molar-refractivity contribution is 0.313. The Morgan fingerprint density at radius 3 is 2.58 bits per heavy atom. The van der Waals surface area contributed by atoms with Crippen molar-refractivity contribution in [2.75, 3.05) is 6.61 Å². The molecule has 1 atom stereocenters. The van der Waals surface area contributed by atoms with Gasteiger partial charge in [0.25, 0.3) is 0 Å². The molecule has 0 bridgehead atoms. The Hall–Kier alpha value is -0.660. The van der Waals surface area contributed by atoms with Gasteiger partial charge in [0, 0.05) is 10.6 Å². The summed E-state index contributed by atoms with van der Waals surface area (Å²) < 4.78 is 5.78. The fraction of sp³-hybridized carbons (Fsp3) is 0.500. The first-order chi connectivity index (χ1) is 9.10. The molecular formula is C16H22Cl2O. The summed E-state index contributed by atoms with van der Waals surface area (Å²) in [5, 5.41) is 1.26. The van der Waals surface area contributed by atoms with Crippen molar-refractivity contribution < 1.29 is 4.74 Å². The highest BCUT2D eigenvalue weighted by molar-refractivity contribution is 6.35. The first-order valence-corrected chi connectivity index (χ1v) is 7.62. The van der Waals surface area contributed by atoms with Crippen LogP contribution < -0.4 is 4.74 Å². The van der Waals surface area contributed by atoms with Crippen LogP contribution >= 0.6 is 23.2 Å². The van der Waals surface area contributed by atoms with E-state index in [4.69, 9.17) is 27.9 Å². The first-order valence-electron chi connectivity index (χ1n) is 6.86. The molecule has 1 unspecified atom stereocenters. The molecule has 1 nitrogen and oxygen atoms in total. The van der Waals surface area contributed by atoms with Gasteiger partial charge in [-0.2, -0.15) is 0 Å². The van der Waals surface area contributed by atoms with Gasteiger partial charge in [-0.25, -0.2) is 0 Å². The highest BCUT2D eigenvalue weighted by atomic mass is 35.5. The van der Waals surface area contributed by atoms with Gasteiger partial charge in [-0.15, -0.1) is 0 Å². The minimum absolute atomic E-state index is 0.339. The van der Waals surface area contributed by atoms with E-state index in [1.807, 2.05) is 6.07 Å². The molecule has 0 N–H and O–H groups in total. The molecule has 0 heterocycles. The monoisotopic (exact) mass is 300 g/mol. The summed E-state index contributed by atoms with van der Waals surface area (Å²) in [6, 6.07) is 3.70. The third kappa shape index (κ3) is 5.08. The minimum Gasteiger partial charge on any atom is -0.492 e. The van der Waals surface area contributed by atoms with Gasteiger partial charge < -0.3 is 4.74 Å². The lowest BCUT2D eigenvalue weighted by Gasteiger charge is -2.17. The summed E-state index contributed by atoms with van der Waals surface area (Å²) in [4.78, 5) is 0. The maximum atomic E-state index is 6.25. The van der Waals surface area contributed by atoms with Crippen molar-refractivity contribution >= 4 is 23.2 Å². The number of hydrogen-bond acceptors (Lipinski definition) is 1. The van der Waals surface area contributed by atoms with E-state index in [0.717, 1.165) is 30.6 Å².